The second kappa shape index (κ2) is 8.72. The molecule has 0 saturated heterocycles. The summed E-state index contributed by atoms with van der Waals surface area (Å²) in [6.07, 6.45) is 2.27. The fourth-order valence-corrected chi connectivity index (χ4v) is 2.10. The van der Waals surface area contributed by atoms with Gasteiger partial charge in [-0.1, -0.05) is 15.9 Å². The molecule has 21 heavy (non-hydrogen) atoms. The molecule has 1 saturated carbocycles. The first-order chi connectivity index (χ1) is 9.58. The zero-order valence-electron chi connectivity index (χ0n) is 11.4. The van der Waals surface area contributed by atoms with Gasteiger partial charge in [0.2, 0.25) is 0 Å². The van der Waals surface area contributed by atoms with Gasteiger partial charge in [-0.3, -0.25) is 4.99 Å². The molecule has 0 amide bonds. The van der Waals surface area contributed by atoms with Gasteiger partial charge < -0.3 is 15.4 Å². The van der Waals surface area contributed by atoms with Crippen molar-refractivity contribution in [3.8, 4) is 5.75 Å². The van der Waals surface area contributed by atoms with Crippen molar-refractivity contribution in [2.45, 2.75) is 32.0 Å². The van der Waals surface area contributed by atoms with E-state index in [2.05, 4.69) is 36.3 Å². The van der Waals surface area contributed by atoms with Gasteiger partial charge in [0.15, 0.2) is 5.96 Å². The number of nitrogens with one attached hydrogen (secondary N) is 2. The van der Waals surface area contributed by atoms with Crippen LogP contribution in [0.1, 0.15) is 18.4 Å². The lowest BCUT2D eigenvalue weighted by molar-refractivity contribution is -0.0504. The first kappa shape index (κ1) is 18.4. The van der Waals surface area contributed by atoms with Crippen molar-refractivity contribution in [2.24, 2.45) is 4.99 Å². The Bertz CT molecular complexity index is 498. The number of rotatable bonds is 5. The average molecular weight is 476 g/mol. The van der Waals surface area contributed by atoms with Crippen LogP contribution in [0.25, 0.3) is 0 Å². The van der Waals surface area contributed by atoms with Crippen LogP contribution < -0.4 is 15.4 Å². The van der Waals surface area contributed by atoms with Gasteiger partial charge in [-0.15, -0.1) is 24.0 Å². The molecule has 0 unspecified atom stereocenters. The van der Waals surface area contributed by atoms with E-state index in [4.69, 9.17) is 0 Å². The molecule has 118 valence electrons. The molecule has 8 heteroatoms. The van der Waals surface area contributed by atoms with Crippen molar-refractivity contribution < 1.29 is 13.5 Å². The maximum atomic E-state index is 12.4. The zero-order valence-corrected chi connectivity index (χ0v) is 15.3. The van der Waals surface area contributed by atoms with Crippen LogP contribution in [0, 0.1) is 0 Å². The predicted octanol–water partition coefficient (Wildman–Crippen LogP) is 3.50. The molecule has 4 nitrogen and oxygen atoms in total. The third kappa shape index (κ3) is 6.33. The molecule has 2 rings (SSSR count). The van der Waals surface area contributed by atoms with E-state index in [9.17, 15) is 8.78 Å². The van der Waals surface area contributed by atoms with Gasteiger partial charge >= 0.3 is 6.61 Å². The van der Waals surface area contributed by atoms with Gasteiger partial charge in [0, 0.05) is 29.7 Å². The maximum absolute atomic E-state index is 12.4. The minimum absolute atomic E-state index is 0. The monoisotopic (exact) mass is 475 g/mol. The van der Waals surface area contributed by atoms with Crippen LogP contribution in [-0.4, -0.2) is 25.7 Å². The van der Waals surface area contributed by atoms with E-state index < -0.39 is 6.61 Å². The summed E-state index contributed by atoms with van der Waals surface area (Å²) in [5.74, 6) is 0.827. The van der Waals surface area contributed by atoms with Crippen LogP contribution in [0.3, 0.4) is 0 Å². The zero-order chi connectivity index (χ0) is 14.5. The molecule has 1 aromatic rings. The van der Waals surface area contributed by atoms with E-state index in [1.807, 2.05) is 0 Å². The first-order valence-corrected chi connectivity index (χ1v) is 7.08. The molecule has 0 bridgehead atoms. The molecule has 2 N–H and O–H groups in total. The van der Waals surface area contributed by atoms with Crippen LogP contribution in [0.5, 0.6) is 5.75 Å². The third-order valence-corrected chi connectivity index (χ3v) is 3.32. The maximum Gasteiger partial charge on any atom is 0.387 e. The summed E-state index contributed by atoms with van der Waals surface area (Å²) in [4.78, 5) is 4.09. The van der Waals surface area contributed by atoms with E-state index in [-0.39, 0.29) is 29.7 Å². The van der Waals surface area contributed by atoms with Crippen molar-refractivity contribution in [1.82, 2.24) is 10.6 Å². The lowest BCUT2D eigenvalue weighted by Crippen LogP contribution is -2.38. The Labute approximate surface area is 147 Å². The van der Waals surface area contributed by atoms with Crippen LogP contribution in [0.15, 0.2) is 27.7 Å². The molecule has 0 spiro atoms. The Morgan fingerprint density at radius 1 is 1.48 bits per heavy atom. The summed E-state index contributed by atoms with van der Waals surface area (Å²) in [5.41, 5.74) is 0.637. The Morgan fingerprint density at radius 2 is 2.19 bits per heavy atom. The van der Waals surface area contributed by atoms with Crippen LogP contribution in [0.4, 0.5) is 8.78 Å². The van der Waals surface area contributed by atoms with Gasteiger partial charge in [-0.25, -0.2) is 0 Å². The third-order valence-electron chi connectivity index (χ3n) is 2.83. The van der Waals surface area contributed by atoms with E-state index >= 15 is 0 Å². The second-order valence-electron chi connectivity index (χ2n) is 4.47. The summed E-state index contributed by atoms with van der Waals surface area (Å²) >= 11 is 3.32. The molecular weight excluding hydrogens is 459 g/mol. The quantitative estimate of drug-likeness (QED) is 0.389. The molecule has 1 aliphatic carbocycles. The number of guanidine groups is 1. The van der Waals surface area contributed by atoms with Crippen molar-refractivity contribution in [3.05, 3.63) is 28.2 Å². The predicted molar refractivity (Wildman–Crippen MR) is 92.5 cm³/mol. The number of alkyl halides is 2. The van der Waals surface area contributed by atoms with Crippen molar-refractivity contribution in [3.63, 3.8) is 0 Å². The van der Waals surface area contributed by atoms with E-state index in [0.29, 0.717) is 24.1 Å². The van der Waals surface area contributed by atoms with Crippen molar-refractivity contribution in [1.29, 1.82) is 0 Å². The highest BCUT2D eigenvalue weighted by atomic mass is 127. The Hall–Kier alpha value is -0.640. The van der Waals surface area contributed by atoms with Crippen LogP contribution in [0.2, 0.25) is 0 Å². The number of benzene rings is 1. The number of ether oxygens (including phenoxy) is 1. The summed E-state index contributed by atoms with van der Waals surface area (Å²) in [7, 11) is 1.68. The van der Waals surface area contributed by atoms with E-state index in [0.717, 1.165) is 17.3 Å². The molecule has 0 aliphatic heterocycles. The summed E-state index contributed by atoms with van der Waals surface area (Å²) < 4.78 is 30.0. The highest BCUT2D eigenvalue weighted by Crippen LogP contribution is 2.25. The molecule has 0 aromatic heterocycles. The van der Waals surface area contributed by atoms with Gasteiger partial charge in [0.1, 0.15) is 5.75 Å². The Balaban J connectivity index is 0.00000220. The molecule has 0 atom stereocenters. The number of aliphatic imine (C=N–C) groups is 1. The standard InChI is InChI=1S/C13H16BrF2N3O.HI/c1-17-13(19-10-3-4-10)18-7-8-6-9(14)2-5-11(8)20-12(15)16;/h2,5-6,10,12H,3-4,7H2,1H3,(H2,17,18,19);1H. The minimum Gasteiger partial charge on any atom is -0.434 e. The Kier molecular flexibility index (Phi) is 7.64. The molecular formula is C13H17BrF2IN3O. The Morgan fingerprint density at radius 3 is 2.76 bits per heavy atom. The summed E-state index contributed by atoms with van der Waals surface area (Å²) in [6.45, 7) is -2.48. The number of nitrogens with zero attached hydrogens (tertiary/aromatic N) is 1. The number of hydrogen-bond donors (Lipinski definition) is 2. The van der Waals surface area contributed by atoms with E-state index in [1.54, 1.807) is 19.2 Å². The molecule has 0 radical (unpaired) electrons. The van der Waals surface area contributed by atoms with Gasteiger partial charge in [-0.05, 0) is 31.0 Å². The summed E-state index contributed by atoms with van der Waals surface area (Å²) in [5, 5.41) is 6.31. The summed E-state index contributed by atoms with van der Waals surface area (Å²) in [6, 6.07) is 5.40. The number of hydrogen-bond acceptors (Lipinski definition) is 2. The smallest absolute Gasteiger partial charge is 0.387 e. The van der Waals surface area contributed by atoms with Crippen molar-refractivity contribution in [2.75, 3.05) is 7.05 Å². The molecule has 1 aliphatic rings. The lowest BCUT2D eigenvalue weighted by Gasteiger charge is -2.14. The lowest BCUT2D eigenvalue weighted by atomic mass is 10.2. The van der Waals surface area contributed by atoms with Gasteiger partial charge in [0.05, 0.1) is 0 Å². The van der Waals surface area contributed by atoms with Crippen molar-refractivity contribution >= 4 is 45.9 Å². The average Bonchev–Trinajstić information content (AvgIpc) is 3.20. The topological polar surface area (TPSA) is 45.7 Å². The molecule has 0 heterocycles. The normalized spacial score (nSPS) is 14.6. The fourth-order valence-electron chi connectivity index (χ4n) is 1.69. The first-order valence-electron chi connectivity index (χ1n) is 6.29. The molecule has 1 aromatic carbocycles. The largest absolute Gasteiger partial charge is 0.434 e. The van der Waals surface area contributed by atoms with Crippen LogP contribution >= 0.6 is 39.9 Å². The molecule has 1 fully saturated rings. The highest BCUT2D eigenvalue weighted by Gasteiger charge is 2.22. The van der Waals surface area contributed by atoms with Gasteiger partial charge in [0.25, 0.3) is 0 Å². The van der Waals surface area contributed by atoms with E-state index in [1.165, 1.54) is 6.07 Å². The fraction of sp³-hybridized carbons (Fsp3) is 0.462. The SMILES string of the molecule is CN=C(NCc1cc(Br)ccc1OC(F)F)NC1CC1.I. The van der Waals surface area contributed by atoms with Crippen LogP contribution in [-0.2, 0) is 6.54 Å². The number of halogens is 4. The highest BCUT2D eigenvalue weighted by molar-refractivity contribution is 14.0. The second-order valence-corrected chi connectivity index (χ2v) is 5.39. The minimum atomic E-state index is -2.83. The van der Waals surface area contributed by atoms with Gasteiger partial charge in [-0.2, -0.15) is 8.78 Å².